The zero-order chi connectivity index (χ0) is 51.2. The van der Waals surface area contributed by atoms with Crippen molar-refractivity contribution in [3.63, 3.8) is 0 Å². The lowest BCUT2D eigenvalue weighted by atomic mass is 10.1. The van der Waals surface area contributed by atoms with Crippen LogP contribution in [0.5, 0.6) is 5.75 Å². The normalized spacial score (nSPS) is 12.1. The number of Topliss-reactive ketones (excluding diaryl/α,β-unsaturated/α-hetero) is 1. The molecule has 0 aromatic heterocycles. The highest BCUT2D eigenvalue weighted by atomic mass is 16.5. The third kappa shape index (κ3) is 33.0. The number of hydrogen-bond acceptors (Lipinski definition) is 15. The predicted molar refractivity (Wildman–Crippen MR) is 242 cm³/mol. The van der Waals surface area contributed by atoms with Gasteiger partial charge in [0.1, 0.15) is 42.9 Å². The Kier molecular flexibility index (Phi) is 33.2. The maximum atomic E-state index is 12.3. The fourth-order valence-corrected chi connectivity index (χ4v) is 6.03. The fourth-order valence-electron chi connectivity index (χ4n) is 6.03. The van der Waals surface area contributed by atoms with Crippen molar-refractivity contribution in [2.75, 3.05) is 72.6 Å². The Morgan fingerprint density at radius 3 is 1.38 bits per heavy atom. The molecule has 3 atom stereocenters. The number of aliphatic carboxylic acids is 3. The molecule has 5 amide bonds. The van der Waals surface area contributed by atoms with Crippen LogP contribution < -0.4 is 31.3 Å². The largest absolute Gasteiger partial charge is 0.494 e. The zero-order valence-electron chi connectivity index (χ0n) is 39.1. The number of aromatic carboxylic acids is 1. The second-order valence-corrected chi connectivity index (χ2v) is 15.6. The van der Waals surface area contributed by atoms with Crippen LogP contribution in [0.1, 0.15) is 107 Å². The van der Waals surface area contributed by atoms with Crippen molar-refractivity contribution in [3.8, 4) is 5.75 Å². The molecular formula is C45H69N5O19. The monoisotopic (exact) mass is 983 g/mol. The quantitative estimate of drug-likeness (QED) is 0.0409. The molecule has 0 heterocycles. The molecule has 0 aliphatic heterocycles. The highest BCUT2D eigenvalue weighted by Gasteiger charge is 2.25. The van der Waals surface area contributed by atoms with E-state index in [0.29, 0.717) is 18.8 Å². The number of ketones is 1. The molecule has 0 unspecified atom stereocenters. The standard InChI is InChI=1S/C45H69N5O19/c1-31(51)10-15-34(43(59)60)49-39(54)19-17-36(45(63)64)50-41(56)30-68-28-26-66-24-21-47-40(55)29-67-27-25-65-23-20-46-37(52)18-16-35(44(61)62)48-38(53)9-7-5-3-2-4-6-8-22-69-33-13-11-32(12-14-33)42(57)58/h11-14,34-36H,2-10,15-30H2,1H3,(H,46,52)(H,47,55)(H,48,53)(H,49,54)(H,50,56)(H,57,58)(H,59,60)(H,61,62)(H,63,64)/t34-,35-,36-/m0/s1. The van der Waals surface area contributed by atoms with E-state index in [1.807, 2.05) is 0 Å². The Balaban J connectivity index is 2.02. The van der Waals surface area contributed by atoms with Gasteiger partial charge in [-0.05, 0) is 63.3 Å². The van der Waals surface area contributed by atoms with Gasteiger partial charge in [-0.3, -0.25) is 24.0 Å². The first-order valence-electron chi connectivity index (χ1n) is 22.8. The third-order valence-corrected chi connectivity index (χ3v) is 9.77. The van der Waals surface area contributed by atoms with E-state index < -0.39 is 84.6 Å². The van der Waals surface area contributed by atoms with Crippen LogP contribution in [0.4, 0.5) is 0 Å². The van der Waals surface area contributed by atoms with Crippen LogP contribution >= 0.6 is 0 Å². The van der Waals surface area contributed by atoms with Gasteiger partial charge in [-0.15, -0.1) is 0 Å². The van der Waals surface area contributed by atoms with Crippen LogP contribution in [0.25, 0.3) is 0 Å². The lowest BCUT2D eigenvalue weighted by Gasteiger charge is -2.16. The second-order valence-electron chi connectivity index (χ2n) is 15.6. The molecule has 388 valence electrons. The van der Waals surface area contributed by atoms with E-state index in [1.165, 1.54) is 19.1 Å². The molecule has 1 rings (SSSR count). The van der Waals surface area contributed by atoms with E-state index in [0.717, 1.165) is 38.5 Å². The van der Waals surface area contributed by atoms with Crippen molar-refractivity contribution in [2.24, 2.45) is 0 Å². The van der Waals surface area contributed by atoms with Crippen molar-refractivity contribution in [2.45, 2.75) is 115 Å². The molecule has 1 aromatic carbocycles. The van der Waals surface area contributed by atoms with Gasteiger partial charge in [-0.1, -0.05) is 32.1 Å². The van der Waals surface area contributed by atoms with Crippen molar-refractivity contribution < 1.29 is 92.1 Å². The van der Waals surface area contributed by atoms with Crippen LogP contribution in [0.2, 0.25) is 0 Å². The predicted octanol–water partition coefficient (Wildman–Crippen LogP) is 0.821. The highest BCUT2D eigenvalue weighted by molar-refractivity contribution is 5.88. The van der Waals surface area contributed by atoms with Crippen LogP contribution in [0, 0.1) is 0 Å². The second kappa shape index (κ2) is 37.7. The Hall–Kier alpha value is -6.24. The highest BCUT2D eigenvalue weighted by Crippen LogP contribution is 2.14. The molecule has 9 N–H and O–H groups in total. The van der Waals surface area contributed by atoms with Gasteiger partial charge in [-0.25, -0.2) is 19.2 Å². The van der Waals surface area contributed by atoms with Gasteiger partial charge in [0.2, 0.25) is 29.5 Å². The van der Waals surface area contributed by atoms with Crippen molar-refractivity contribution in [1.82, 2.24) is 26.6 Å². The van der Waals surface area contributed by atoms with Crippen LogP contribution in [0.3, 0.4) is 0 Å². The molecule has 24 nitrogen and oxygen atoms in total. The number of carbonyl (C=O) groups is 10. The minimum absolute atomic E-state index is 0.0295. The van der Waals surface area contributed by atoms with Gasteiger partial charge in [0.05, 0.1) is 51.8 Å². The minimum atomic E-state index is -1.44. The first kappa shape index (κ1) is 60.8. The SMILES string of the molecule is CC(=O)CC[C@H](NC(=O)CC[C@H](NC(=O)COCCOCCNC(=O)COCCOCCNC(=O)CC[C@H](NC(=O)CCCCCCCCCOc1ccc(C(=O)O)cc1)C(=O)O)C(=O)O)C(=O)O. The summed E-state index contributed by atoms with van der Waals surface area (Å²) in [6.45, 7) is 1.86. The van der Waals surface area contributed by atoms with Gasteiger partial charge in [0, 0.05) is 38.8 Å². The fraction of sp³-hybridized carbons (Fsp3) is 0.644. The number of unbranched alkanes of at least 4 members (excludes halogenated alkanes) is 6. The van der Waals surface area contributed by atoms with Crippen LogP contribution in [-0.2, 0) is 62.1 Å². The molecular weight excluding hydrogens is 915 g/mol. The molecule has 0 aliphatic rings. The lowest BCUT2D eigenvalue weighted by molar-refractivity contribution is -0.144. The van der Waals surface area contributed by atoms with Gasteiger partial charge < -0.3 is 75.5 Å². The summed E-state index contributed by atoms with van der Waals surface area (Å²) >= 11 is 0. The number of carbonyl (C=O) groups excluding carboxylic acids is 6. The number of amides is 5. The van der Waals surface area contributed by atoms with E-state index in [2.05, 4.69) is 26.6 Å². The summed E-state index contributed by atoms with van der Waals surface area (Å²) in [6.07, 6.45) is 5.27. The topological polar surface area (TPSA) is 358 Å². The number of benzene rings is 1. The summed E-state index contributed by atoms with van der Waals surface area (Å²) in [4.78, 5) is 117. The molecule has 1 aromatic rings. The van der Waals surface area contributed by atoms with E-state index >= 15 is 0 Å². The summed E-state index contributed by atoms with van der Waals surface area (Å²) in [6, 6.07) is 2.30. The molecule has 69 heavy (non-hydrogen) atoms. The number of carboxylic acids is 4. The molecule has 0 aliphatic carbocycles. The zero-order valence-corrected chi connectivity index (χ0v) is 39.1. The Bertz CT molecular complexity index is 1760. The average Bonchev–Trinajstić information content (AvgIpc) is 3.29. The van der Waals surface area contributed by atoms with Crippen molar-refractivity contribution >= 4 is 59.2 Å². The van der Waals surface area contributed by atoms with Gasteiger partial charge in [0.15, 0.2) is 0 Å². The average molecular weight is 984 g/mol. The molecule has 0 spiro atoms. The van der Waals surface area contributed by atoms with Gasteiger partial charge in [0.25, 0.3) is 0 Å². The van der Waals surface area contributed by atoms with Gasteiger partial charge in [-0.2, -0.15) is 0 Å². The summed E-state index contributed by atoms with van der Waals surface area (Å²) in [5, 5.41) is 49.2. The lowest BCUT2D eigenvalue weighted by Crippen LogP contribution is -2.45. The Morgan fingerprint density at radius 1 is 0.449 bits per heavy atom. The molecule has 0 saturated carbocycles. The van der Waals surface area contributed by atoms with Crippen LogP contribution in [-0.4, -0.2) is 170 Å². The third-order valence-electron chi connectivity index (χ3n) is 9.77. The van der Waals surface area contributed by atoms with E-state index in [4.69, 9.17) is 28.8 Å². The summed E-state index contributed by atoms with van der Waals surface area (Å²) in [5.41, 5.74) is 0.202. The smallest absolute Gasteiger partial charge is 0.335 e. The molecule has 0 saturated heterocycles. The van der Waals surface area contributed by atoms with Crippen molar-refractivity contribution in [3.05, 3.63) is 29.8 Å². The van der Waals surface area contributed by atoms with Crippen LogP contribution in [0.15, 0.2) is 24.3 Å². The van der Waals surface area contributed by atoms with Crippen molar-refractivity contribution in [1.29, 1.82) is 0 Å². The Morgan fingerprint density at radius 2 is 0.870 bits per heavy atom. The van der Waals surface area contributed by atoms with E-state index in [9.17, 15) is 63.3 Å². The first-order chi connectivity index (χ1) is 33.0. The number of ether oxygens (including phenoxy) is 5. The summed E-state index contributed by atoms with van der Waals surface area (Å²) in [7, 11) is 0. The number of nitrogens with one attached hydrogen (secondary N) is 5. The number of carboxylic acid groups (broad SMARTS) is 4. The minimum Gasteiger partial charge on any atom is -0.494 e. The first-order valence-corrected chi connectivity index (χ1v) is 22.8. The van der Waals surface area contributed by atoms with E-state index in [-0.39, 0.29) is 109 Å². The number of rotatable bonds is 43. The molecule has 24 heteroatoms. The summed E-state index contributed by atoms with van der Waals surface area (Å²) in [5.74, 6) is -7.34. The number of hydrogen-bond donors (Lipinski definition) is 9. The maximum Gasteiger partial charge on any atom is 0.335 e. The molecule has 0 bridgehead atoms. The van der Waals surface area contributed by atoms with Gasteiger partial charge >= 0.3 is 23.9 Å². The maximum absolute atomic E-state index is 12.3. The molecule has 0 radical (unpaired) electrons. The van der Waals surface area contributed by atoms with E-state index in [1.54, 1.807) is 12.1 Å². The summed E-state index contributed by atoms with van der Waals surface area (Å²) < 4.78 is 26.7. The Labute approximate surface area is 400 Å². The molecule has 0 fully saturated rings.